The first kappa shape index (κ1) is 12.5. The van der Waals surface area contributed by atoms with Crippen molar-refractivity contribution < 1.29 is 4.79 Å². The van der Waals surface area contributed by atoms with Crippen LogP contribution in [0.5, 0.6) is 0 Å². The van der Waals surface area contributed by atoms with E-state index in [-0.39, 0.29) is 5.91 Å². The van der Waals surface area contributed by atoms with Crippen molar-refractivity contribution in [2.75, 3.05) is 6.54 Å². The van der Waals surface area contributed by atoms with Gasteiger partial charge in [-0.2, -0.15) is 0 Å². The number of rotatable bonds is 4. The zero-order valence-electron chi connectivity index (χ0n) is 9.95. The quantitative estimate of drug-likeness (QED) is 0.853. The highest BCUT2D eigenvalue weighted by Crippen LogP contribution is 2.25. The lowest BCUT2D eigenvalue weighted by molar-refractivity contribution is -0.127. The first-order chi connectivity index (χ1) is 8.21. The fourth-order valence-electron chi connectivity index (χ4n) is 2.25. The van der Waals surface area contributed by atoms with Crippen LogP contribution >= 0.6 is 11.3 Å². The van der Waals surface area contributed by atoms with Gasteiger partial charge in [-0.15, -0.1) is 11.3 Å². The highest BCUT2D eigenvalue weighted by Gasteiger charge is 2.34. The monoisotopic (exact) mass is 253 g/mol. The summed E-state index contributed by atoms with van der Waals surface area (Å²) in [5, 5.41) is 5.94. The summed E-state index contributed by atoms with van der Waals surface area (Å²) in [5.41, 5.74) is 5.51. The second-order valence-electron chi connectivity index (χ2n) is 4.65. The first-order valence-electron chi connectivity index (χ1n) is 6.16. The van der Waals surface area contributed by atoms with Crippen molar-refractivity contribution in [1.82, 2.24) is 10.3 Å². The van der Waals surface area contributed by atoms with Crippen molar-refractivity contribution in [3.05, 3.63) is 16.6 Å². The number of carbonyl (C=O) groups excluding carboxylic acids is 1. The Kier molecular flexibility index (Phi) is 4.12. The van der Waals surface area contributed by atoms with Gasteiger partial charge < -0.3 is 11.1 Å². The number of thiazole rings is 1. The summed E-state index contributed by atoms with van der Waals surface area (Å²) in [7, 11) is 0. The van der Waals surface area contributed by atoms with Gasteiger partial charge in [-0.05, 0) is 12.8 Å². The normalized spacial score (nSPS) is 18.9. The smallest absolute Gasteiger partial charge is 0.240 e. The van der Waals surface area contributed by atoms with Gasteiger partial charge in [0.05, 0.1) is 10.5 Å². The zero-order valence-corrected chi connectivity index (χ0v) is 10.8. The third kappa shape index (κ3) is 3.26. The van der Waals surface area contributed by atoms with E-state index in [0.29, 0.717) is 6.54 Å². The van der Waals surface area contributed by atoms with Crippen LogP contribution in [0, 0.1) is 0 Å². The van der Waals surface area contributed by atoms with Crippen molar-refractivity contribution >= 4 is 17.2 Å². The Morgan fingerprint density at radius 1 is 1.47 bits per heavy atom. The number of nitrogens with one attached hydrogen (secondary N) is 1. The second-order valence-corrected chi connectivity index (χ2v) is 5.63. The molecule has 0 saturated heterocycles. The second kappa shape index (κ2) is 5.60. The third-order valence-electron chi connectivity index (χ3n) is 3.31. The molecular formula is C12H19N3OS. The molecule has 4 nitrogen and oxygen atoms in total. The number of aromatic nitrogens is 1. The fraction of sp³-hybridized carbons (Fsp3) is 0.667. The molecule has 0 aliphatic heterocycles. The van der Waals surface area contributed by atoms with E-state index in [2.05, 4.69) is 10.3 Å². The zero-order chi connectivity index (χ0) is 12.1. The molecule has 1 aliphatic carbocycles. The Balaban J connectivity index is 1.76. The van der Waals surface area contributed by atoms with Crippen molar-refractivity contribution in [1.29, 1.82) is 0 Å². The predicted octanol–water partition coefficient (Wildman–Crippen LogP) is 1.46. The average Bonchev–Trinajstić information content (AvgIpc) is 2.83. The summed E-state index contributed by atoms with van der Waals surface area (Å²) in [6, 6.07) is 0. The minimum Gasteiger partial charge on any atom is -0.354 e. The SMILES string of the molecule is NC1(C(=O)NCCc2nccs2)CCCCC1. The Labute approximate surface area is 106 Å². The van der Waals surface area contributed by atoms with Gasteiger partial charge in [-0.1, -0.05) is 19.3 Å². The molecule has 0 atom stereocenters. The van der Waals surface area contributed by atoms with Crippen molar-refractivity contribution in [3.8, 4) is 0 Å². The van der Waals surface area contributed by atoms with Gasteiger partial charge in [0.2, 0.25) is 5.91 Å². The molecule has 3 N–H and O–H groups in total. The molecular weight excluding hydrogens is 234 g/mol. The Morgan fingerprint density at radius 2 is 2.24 bits per heavy atom. The molecule has 2 rings (SSSR count). The number of carbonyl (C=O) groups is 1. The Bertz CT molecular complexity index is 358. The van der Waals surface area contributed by atoms with Crippen LogP contribution < -0.4 is 11.1 Å². The number of hydrogen-bond donors (Lipinski definition) is 2. The maximum Gasteiger partial charge on any atom is 0.240 e. The van der Waals surface area contributed by atoms with Crippen molar-refractivity contribution in [2.45, 2.75) is 44.1 Å². The van der Waals surface area contributed by atoms with Gasteiger partial charge in [0.15, 0.2) is 0 Å². The minimum absolute atomic E-state index is 0.00811. The van der Waals surface area contributed by atoms with E-state index in [4.69, 9.17) is 5.73 Å². The fourth-order valence-corrected chi connectivity index (χ4v) is 2.87. The summed E-state index contributed by atoms with van der Waals surface area (Å²) in [6.45, 7) is 0.630. The molecule has 1 aliphatic rings. The maximum atomic E-state index is 12.0. The van der Waals surface area contributed by atoms with Crippen LogP contribution in [0.25, 0.3) is 0 Å². The van der Waals surface area contributed by atoms with Crippen LogP contribution in [0.3, 0.4) is 0 Å². The molecule has 1 heterocycles. The van der Waals surface area contributed by atoms with E-state index in [0.717, 1.165) is 37.1 Å². The van der Waals surface area contributed by atoms with Crippen LogP contribution in [-0.2, 0) is 11.2 Å². The number of nitrogens with zero attached hydrogens (tertiary/aromatic N) is 1. The molecule has 1 aromatic heterocycles. The average molecular weight is 253 g/mol. The summed E-state index contributed by atoms with van der Waals surface area (Å²) >= 11 is 1.62. The molecule has 5 heteroatoms. The summed E-state index contributed by atoms with van der Waals surface area (Å²) in [6.07, 6.45) is 7.54. The van der Waals surface area contributed by atoms with Gasteiger partial charge in [-0.3, -0.25) is 4.79 Å². The third-order valence-corrected chi connectivity index (χ3v) is 4.15. The lowest BCUT2D eigenvalue weighted by Crippen LogP contribution is -2.55. The molecule has 0 spiro atoms. The molecule has 0 unspecified atom stereocenters. The van der Waals surface area contributed by atoms with Gasteiger partial charge >= 0.3 is 0 Å². The van der Waals surface area contributed by atoms with Crippen molar-refractivity contribution in [2.24, 2.45) is 5.73 Å². The lowest BCUT2D eigenvalue weighted by atomic mass is 9.82. The molecule has 1 amide bonds. The van der Waals surface area contributed by atoms with Crippen LogP contribution in [-0.4, -0.2) is 23.0 Å². The van der Waals surface area contributed by atoms with E-state index in [9.17, 15) is 4.79 Å². The van der Waals surface area contributed by atoms with Crippen LogP contribution in [0.15, 0.2) is 11.6 Å². The number of nitrogens with two attached hydrogens (primary N) is 1. The molecule has 0 aromatic carbocycles. The topological polar surface area (TPSA) is 68.0 Å². The van der Waals surface area contributed by atoms with Gasteiger partial charge in [0.1, 0.15) is 0 Å². The van der Waals surface area contributed by atoms with E-state index < -0.39 is 5.54 Å². The largest absolute Gasteiger partial charge is 0.354 e. The maximum absolute atomic E-state index is 12.0. The van der Waals surface area contributed by atoms with Crippen LogP contribution in [0.1, 0.15) is 37.1 Å². The molecule has 17 heavy (non-hydrogen) atoms. The highest BCUT2D eigenvalue weighted by molar-refractivity contribution is 7.09. The standard InChI is InChI=1S/C12H19N3OS/c13-12(5-2-1-3-6-12)11(16)15-7-4-10-14-8-9-17-10/h8-9H,1-7,13H2,(H,15,16). The van der Waals surface area contributed by atoms with Gasteiger partial charge in [0, 0.05) is 24.5 Å². The van der Waals surface area contributed by atoms with E-state index in [1.807, 2.05) is 5.38 Å². The van der Waals surface area contributed by atoms with E-state index in [1.165, 1.54) is 6.42 Å². The molecule has 0 bridgehead atoms. The summed E-state index contributed by atoms with van der Waals surface area (Å²) in [4.78, 5) is 16.2. The Morgan fingerprint density at radius 3 is 2.88 bits per heavy atom. The number of hydrogen-bond acceptors (Lipinski definition) is 4. The molecule has 0 radical (unpaired) electrons. The minimum atomic E-state index is -0.624. The van der Waals surface area contributed by atoms with E-state index in [1.54, 1.807) is 17.5 Å². The van der Waals surface area contributed by atoms with Gasteiger partial charge in [0.25, 0.3) is 0 Å². The highest BCUT2D eigenvalue weighted by atomic mass is 32.1. The first-order valence-corrected chi connectivity index (χ1v) is 7.04. The molecule has 1 saturated carbocycles. The molecule has 1 aromatic rings. The predicted molar refractivity (Wildman–Crippen MR) is 68.8 cm³/mol. The summed E-state index contributed by atoms with van der Waals surface area (Å²) in [5.74, 6) is 0.00811. The van der Waals surface area contributed by atoms with Crippen molar-refractivity contribution in [3.63, 3.8) is 0 Å². The number of amides is 1. The molecule has 1 fully saturated rings. The Hall–Kier alpha value is -0.940. The van der Waals surface area contributed by atoms with Gasteiger partial charge in [-0.25, -0.2) is 4.98 Å². The lowest BCUT2D eigenvalue weighted by Gasteiger charge is -2.31. The van der Waals surface area contributed by atoms with E-state index >= 15 is 0 Å². The van der Waals surface area contributed by atoms with Crippen LogP contribution in [0.4, 0.5) is 0 Å². The summed E-state index contributed by atoms with van der Waals surface area (Å²) < 4.78 is 0. The van der Waals surface area contributed by atoms with Crippen LogP contribution in [0.2, 0.25) is 0 Å². The molecule has 94 valence electrons.